The molecular weight excluding hydrogens is 371 g/mol. The summed E-state index contributed by atoms with van der Waals surface area (Å²) in [6, 6.07) is 9.35. The molecule has 0 radical (unpaired) electrons. The average molecular weight is 391 g/mol. The van der Waals surface area contributed by atoms with Gasteiger partial charge in [-0.1, -0.05) is 12.1 Å². The molecule has 0 atom stereocenters. The van der Waals surface area contributed by atoms with E-state index in [0.29, 0.717) is 5.95 Å². The molecule has 28 heavy (non-hydrogen) atoms. The number of anilines is 2. The number of halogens is 3. The first-order valence-corrected chi connectivity index (χ1v) is 8.95. The molecule has 7 nitrogen and oxygen atoms in total. The van der Waals surface area contributed by atoms with E-state index in [4.69, 9.17) is 0 Å². The average Bonchev–Trinajstić information content (AvgIpc) is 3.32. The van der Waals surface area contributed by atoms with Crippen molar-refractivity contribution in [3.63, 3.8) is 0 Å². The zero-order valence-corrected chi connectivity index (χ0v) is 15.3. The molecular formula is C18H20F3N7. The molecule has 0 aliphatic carbocycles. The fraction of sp³-hybridized carbons (Fsp3) is 0.389. The molecule has 1 saturated heterocycles. The van der Waals surface area contributed by atoms with Crippen LogP contribution in [0.1, 0.15) is 11.3 Å². The highest BCUT2D eigenvalue weighted by Crippen LogP contribution is 2.27. The molecule has 10 heteroatoms. The zero-order chi connectivity index (χ0) is 19.7. The predicted molar refractivity (Wildman–Crippen MR) is 98.3 cm³/mol. The van der Waals surface area contributed by atoms with Crippen LogP contribution in [-0.4, -0.2) is 50.7 Å². The van der Waals surface area contributed by atoms with E-state index in [0.717, 1.165) is 32.2 Å². The third-order valence-corrected chi connectivity index (χ3v) is 4.67. The quantitative estimate of drug-likeness (QED) is 0.685. The molecule has 0 bridgehead atoms. The third-order valence-electron chi connectivity index (χ3n) is 4.67. The Bertz CT molecular complexity index is 939. The maximum atomic E-state index is 12.6. The second-order valence-corrected chi connectivity index (χ2v) is 6.78. The smallest absolute Gasteiger partial charge is 0.368 e. The Hall–Kier alpha value is -3.04. The molecule has 0 amide bonds. The van der Waals surface area contributed by atoms with E-state index in [2.05, 4.69) is 56.2 Å². The van der Waals surface area contributed by atoms with Crippen LogP contribution in [0.25, 0.3) is 0 Å². The number of aromatic nitrogens is 5. The van der Waals surface area contributed by atoms with Gasteiger partial charge in [-0.15, -0.1) is 5.10 Å². The van der Waals surface area contributed by atoms with Crippen LogP contribution >= 0.6 is 0 Å². The summed E-state index contributed by atoms with van der Waals surface area (Å²) >= 11 is 0. The lowest BCUT2D eigenvalue weighted by Crippen LogP contribution is -2.47. The van der Waals surface area contributed by atoms with Crippen molar-refractivity contribution in [1.29, 1.82) is 0 Å². The molecule has 0 saturated carbocycles. The summed E-state index contributed by atoms with van der Waals surface area (Å²) in [4.78, 5) is 8.70. The first kappa shape index (κ1) is 18.3. The van der Waals surface area contributed by atoms with Crippen molar-refractivity contribution in [3.05, 3.63) is 54.1 Å². The van der Waals surface area contributed by atoms with Crippen LogP contribution in [-0.2, 0) is 12.8 Å². The van der Waals surface area contributed by atoms with Gasteiger partial charge in [0.05, 0.1) is 0 Å². The fourth-order valence-corrected chi connectivity index (χ4v) is 3.23. The van der Waals surface area contributed by atoms with Crippen molar-refractivity contribution in [2.45, 2.75) is 19.8 Å². The van der Waals surface area contributed by atoms with Crippen LogP contribution < -0.4 is 9.80 Å². The summed E-state index contributed by atoms with van der Waals surface area (Å²) in [7, 11) is 0. The van der Waals surface area contributed by atoms with E-state index in [1.165, 1.54) is 33.1 Å². The number of hydrogen-bond donors (Lipinski definition) is 0. The van der Waals surface area contributed by atoms with Gasteiger partial charge in [0.1, 0.15) is 13.0 Å². The standard InChI is InChI=1S/C18H20F3N7/c1-14-3-2-4-15(11-14)25-7-9-26(10-8-25)17-22-12-28(24-17)13-27-6-5-16(23-27)18(19,20)21/h2-6,11-12H,7-10,13H2,1H3. The van der Waals surface area contributed by atoms with Crippen molar-refractivity contribution in [3.8, 4) is 0 Å². The van der Waals surface area contributed by atoms with Crippen LogP contribution in [0.2, 0.25) is 0 Å². The SMILES string of the molecule is Cc1cccc(N2CCN(c3ncn(Cn4ccc(C(F)(F)F)n4)n3)CC2)c1. The highest BCUT2D eigenvalue weighted by molar-refractivity contribution is 5.50. The molecule has 0 unspecified atom stereocenters. The van der Waals surface area contributed by atoms with E-state index in [-0.39, 0.29) is 6.67 Å². The number of alkyl halides is 3. The van der Waals surface area contributed by atoms with Gasteiger partial charge in [0.2, 0.25) is 5.95 Å². The largest absolute Gasteiger partial charge is 0.435 e. The number of aryl methyl sites for hydroxylation is 1. The van der Waals surface area contributed by atoms with Crippen molar-refractivity contribution >= 4 is 11.6 Å². The lowest BCUT2D eigenvalue weighted by atomic mass is 10.2. The van der Waals surface area contributed by atoms with Crippen molar-refractivity contribution in [2.24, 2.45) is 0 Å². The molecule has 1 aliphatic rings. The molecule has 1 fully saturated rings. The summed E-state index contributed by atoms with van der Waals surface area (Å²) in [6.07, 6.45) is -1.66. The highest BCUT2D eigenvalue weighted by atomic mass is 19.4. The van der Waals surface area contributed by atoms with Crippen LogP contribution in [0.3, 0.4) is 0 Å². The van der Waals surface area contributed by atoms with Gasteiger partial charge in [0.25, 0.3) is 0 Å². The van der Waals surface area contributed by atoms with Crippen LogP contribution in [0.4, 0.5) is 24.8 Å². The second-order valence-electron chi connectivity index (χ2n) is 6.78. The number of nitrogens with zero attached hydrogens (tertiary/aromatic N) is 7. The number of rotatable bonds is 4. The topological polar surface area (TPSA) is 55.0 Å². The maximum Gasteiger partial charge on any atom is 0.435 e. The first-order valence-electron chi connectivity index (χ1n) is 8.95. The normalized spacial score (nSPS) is 15.3. The van der Waals surface area contributed by atoms with Crippen LogP contribution in [0, 0.1) is 6.92 Å². The van der Waals surface area contributed by atoms with Gasteiger partial charge < -0.3 is 9.80 Å². The lowest BCUT2D eigenvalue weighted by molar-refractivity contribution is -0.141. The highest BCUT2D eigenvalue weighted by Gasteiger charge is 2.33. The van der Waals surface area contributed by atoms with Gasteiger partial charge in [0.15, 0.2) is 5.69 Å². The Morgan fingerprint density at radius 1 is 0.964 bits per heavy atom. The minimum Gasteiger partial charge on any atom is -0.368 e. The van der Waals surface area contributed by atoms with Crippen molar-refractivity contribution in [1.82, 2.24) is 24.5 Å². The van der Waals surface area contributed by atoms with Crippen LogP contribution in [0.15, 0.2) is 42.9 Å². The molecule has 148 valence electrons. The van der Waals surface area contributed by atoms with E-state index >= 15 is 0 Å². The number of piperazine rings is 1. The van der Waals surface area contributed by atoms with E-state index in [9.17, 15) is 13.2 Å². The molecule has 3 heterocycles. The molecule has 0 spiro atoms. The molecule has 2 aromatic heterocycles. The summed E-state index contributed by atoms with van der Waals surface area (Å²) in [5.74, 6) is 0.576. The maximum absolute atomic E-state index is 12.6. The summed E-state index contributed by atoms with van der Waals surface area (Å²) in [6.45, 7) is 5.41. The molecule has 1 aliphatic heterocycles. The Labute approximate surface area is 160 Å². The number of benzene rings is 1. The summed E-state index contributed by atoms with van der Waals surface area (Å²) in [5.41, 5.74) is 1.52. The van der Waals surface area contributed by atoms with Crippen molar-refractivity contribution in [2.75, 3.05) is 36.0 Å². The minimum atomic E-state index is -4.45. The molecule has 4 rings (SSSR count). The Morgan fingerprint density at radius 2 is 1.71 bits per heavy atom. The van der Waals surface area contributed by atoms with Gasteiger partial charge in [-0.25, -0.2) is 9.67 Å². The zero-order valence-electron chi connectivity index (χ0n) is 15.3. The third kappa shape index (κ3) is 3.95. The number of hydrogen-bond acceptors (Lipinski definition) is 5. The molecule has 1 aromatic carbocycles. The fourth-order valence-electron chi connectivity index (χ4n) is 3.23. The van der Waals surface area contributed by atoms with E-state index < -0.39 is 11.9 Å². The van der Waals surface area contributed by atoms with Gasteiger partial charge in [-0.2, -0.15) is 18.3 Å². The monoisotopic (exact) mass is 391 g/mol. The first-order chi connectivity index (χ1) is 13.4. The van der Waals surface area contributed by atoms with E-state index in [1.54, 1.807) is 0 Å². The predicted octanol–water partition coefficient (Wildman–Crippen LogP) is 2.63. The lowest BCUT2D eigenvalue weighted by Gasteiger charge is -2.35. The Balaban J connectivity index is 1.37. The second kappa shape index (κ2) is 7.17. The molecule has 0 N–H and O–H groups in total. The Morgan fingerprint density at radius 3 is 2.39 bits per heavy atom. The van der Waals surface area contributed by atoms with Gasteiger partial charge in [-0.3, -0.25) is 4.68 Å². The minimum absolute atomic E-state index is 0.0757. The summed E-state index contributed by atoms with van der Waals surface area (Å²) < 4.78 is 40.6. The Kier molecular flexibility index (Phi) is 4.70. The van der Waals surface area contributed by atoms with Gasteiger partial charge in [0, 0.05) is 38.1 Å². The van der Waals surface area contributed by atoms with Crippen LogP contribution in [0.5, 0.6) is 0 Å². The molecule has 3 aromatic rings. The van der Waals surface area contributed by atoms with Gasteiger partial charge >= 0.3 is 6.18 Å². The van der Waals surface area contributed by atoms with Gasteiger partial charge in [-0.05, 0) is 30.7 Å². The summed E-state index contributed by atoms with van der Waals surface area (Å²) in [5, 5.41) is 7.92. The van der Waals surface area contributed by atoms with Crippen molar-refractivity contribution < 1.29 is 13.2 Å². The van der Waals surface area contributed by atoms with E-state index in [1.807, 2.05) is 0 Å².